The number of methoxy groups -OCH3 is 1. The van der Waals surface area contributed by atoms with Gasteiger partial charge in [0.05, 0.1) is 12.8 Å². The maximum atomic E-state index is 5.77. The summed E-state index contributed by atoms with van der Waals surface area (Å²) in [5.41, 5.74) is 8.54. The minimum atomic E-state index is 0.649. The number of benzene rings is 2. The highest BCUT2D eigenvalue weighted by Gasteiger charge is 2.00. The van der Waals surface area contributed by atoms with E-state index in [1.165, 1.54) is 0 Å². The van der Waals surface area contributed by atoms with E-state index in [-0.39, 0.29) is 0 Å². The number of para-hydroxylation sites is 1. The second-order valence-corrected chi connectivity index (χ2v) is 4.18. The van der Waals surface area contributed by atoms with E-state index >= 15 is 0 Å². The second kappa shape index (κ2) is 6.54. The van der Waals surface area contributed by atoms with Crippen LogP contribution in [0.15, 0.2) is 48.5 Å². The third-order valence-electron chi connectivity index (χ3n) is 2.79. The molecule has 0 aliphatic heterocycles. The SMILES string of the molecule is COc1cc(NCCNc2ccccc2)ccc1N. The molecule has 0 amide bonds. The van der Waals surface area contributed by atoms with Gasteiger partial charge in [-0.15, -0.1) is 0 Å². The largest absolute Gasteiger partial charge is 0.495 e. The van der Waals surface area contributed by atoms with E-state index in [1.807, 2.05) is 48.5 Å². The molecular weight excluding hydrogens is 238 g/mol. The average Bonchev–Trinajstić information content (AvgIpc) is 2.46. The molecule has 0 bridgehead atoms. The summed E-state index contributed by atoms with van der Waals surface area (Å²) in [5.74, 6) is 0.695. The standard InChI is InChI=1S/C15H19N3O/c1-19-15-11-13(7-8-14(15)16)18-10-9-17-12-5-3-2-4-6-12/h2-8,11,17-18H,9-10,16H2,1H3. The molecule has 0 atom stereocenters. The lowest BCUT2D eigenvalue weighted by atomic mass is 10.2. The molecule has 2 aromatic rings. The fourth-order valence-electron chi connectivity index (χ4n) is 1.79. The lowest BCUT2D eigenvalue weighted by Gasteiger charge is -2.11. The molecule has 100 valence electrons. The van der Waals surface area contributed by atoms with Gasteiger partial charge in [0.15, 0.2) is 0 Å². The van der Waals surface area contributed by atoms with Crippen molar-refractivity contribution in [2.24, 2.45) is 0 Å². The van der Waals surface area contributed by atoms with Gasteiger partial charge in [0.25, 0.3) is 0 Å². The molecule has 0 aromatic heterocycles. The molecule has 0 fully saturated rings. The molecule has 0 aliphatic carbocycles. The second-order valence-electron chi connectivity index (χ2n) is 4.18. The van der Waals surface area contributed by atoms with Crippen molar-refractivity contribution in [2.45, 2.75) is 0 Å². The Morgan fingerprint density at radius 2 is 1.63 bits per heavy atom. The van der Waals surface area contributed by atoms with E-state index in [1.54, 1.807) is 7.11 Å². The summed E-state index contributed by atoms with van der Waals surface area (Å²) < 4.78 is 5.18. The van der Waals surface area contributed by atoms with E-state index < -0.39 is 0 Å². The van der Waals surface area contributed by atoms with Crippen molar-refractivity contribution in [1.29, 1.82) is 0 Å². The Morgan fingerprint density at radius 3 is 2.32 bits per heavy atom. The van der Waals surface area contributed by atoms with Crippen LogP contribution in [0.4, 0.5) is 17.1 Å². The molecule has 0 unspecified atom stereocenters. The van der Waals surface area contributed by atoms with Crippen molar-refractivity contribution >= 4 is 17.1 Å². The predicted octanol–water partition coefficient (Wildman–Crippen LogP) is 2.80. The maximum absolute atomic E-state index is 5.77. The molecule has 2 rings (SSSR count). The van der Waals surface area contributed by atoms with Crippen molar-refractivity contribution in [3.8, 4) is 5.75 Å². The number of nitrogens with one attached hydrogen (secondary N) is 2. The van der Waals surface area contributed by atoms with Crippen LogP contribution in [-0.2, 0) is 0 Å². The van der Waals surface area contributed by atoms with Gasteiger partial charge >= 0.3 is 0 Å². The summed E-state index contributed by atoms with van der Waals surface area (Å²) in [6.45, 7) is 1.67. The third-order valence-corrected chi connectivity index (χ3v) is 2.79. The number of nitrogens with two attached hydrogens (primary N) is 1. The number of hydrogen-bond acceptors (Lipinski definition) is 4. The molecular formula is C15H19N3O. The van der Waals surface area contributed by atoms with Crippen LogP contribution in [0.5, 0.6) is 5.75 Å². The maximum Gasteiger partial charge on any atom is 0.143 e. The van der Waals surface area contributed by atoms with E-state index in [9.17, 15) is 0 Å². The third kappa shape index (κ3) is 3.81. The average molecular weight is 257 g/mol. The minimum Gasteiger partial charge on any atom is -0.495 e. The molecule has 0 spiro atoms. The monoisotopic (exact) mass is 257 g/mol. The summed E-state index contributed by atoms with van der Waals surface area (Å²) in [5, 5.41) is 6.66. The lowest BCUT2D eigenvalue weighted by Crippen LogP contribution is -2.13. The highest BCUT2D eigenvalue weighted by molar-refractivity contribution is 5.61. The van der Waals surface area contributed by atoms with Gasteiger partial charge in [0.2, 0.25) is 0 Å². The van der Waals surface area contributed by atoms with Crippen LogP contribution in [-0.4, -0.2) is 20.2 Å². The van der Waals surface area contributed by atoms with E-state index in [2.05, 4.69) is 10.6 Å². The van der Waals surface area contributed by atoms with Gasteiger partial charge in [-0.3, -0.25) is 0 Å². The summed E-state index contributed by atoms with van der Waals surface area (Å²) in [4.78, 5) is 0. The molecule has 4 N–H and O–H groups in total. The molecule has 0 heterocycles. The zero-order chi connectivity index (χ0) is 13.5. The first kappa shape index (κ1) is 13.1. The number of hydrogen-bond donors (Lipinski definition) is 3. The Labute approximate surface area is 113 Å². The normalized spacial score (nSPS) is 9.95. The van der Waals surface area contributed by atoms with E-state index in [0.29, 0.717) is 11.4 Å². The van der Waals surface area contributed by atoms with Gasteiger partial charge < -0.3 is 21.1 Å². The van der Waals surface area contributed by atoms with Crippen LogP contribution in [0.25, 0.3) is 0 Å². The quantitative estimate of drug-likeness (QED) is 0.550. The number of anilines is 3. The van der Waals surface area contributed by atoms with Crippen LogP contribution in [0.1, 0.15) is 0 Å². The van der Waals surface area contributed by atoms with Crippen LogP contribution in [0, 0.1) is 0 Å². The molecule has 0 saturated carbocycles. The molecule has 2 aromatic carbocycles. The Hall–Kier alpha value is -2.36. The van der Waals surface area contributed by atoms with E-state index in [4.69, 9.17) is 10.5 Å². The zero-order valence-electron chi connectivity index (χ0n) is 11.0. The molecule has 0 radical (unpaired) electrons. The Kier molecular flexibility index (Phi) is 4.50. The van der Waals surface area contributed by atoms with Gasteiger partial charge in [-0.2, -0.15) is 0 Å². The van der Waals surface area contributed by atoms with Crippen LogP contribution >= 0.6 is 0 Å². The number of ether oxygens (including phenoxy) is 1. The fourth-order valence-corrected chi connectivity index (χ4v) is 1.79. The summed E-state index contributed by atoms with van der Waals surface area (Å²) in [7, 11) is 1.62. The van der Waals surface area contributed by atoms with Gasteiger partial charge in [-0.1, -0.05) is 18.2 Å². The van der Waals surface area contributed by atoms with Crippen molar-refractivity contribution in [1.82, 2.24) is 0 Å². The summed E-state index contributed by atoms with van der Waals surface area (Å²) in [6.07, 6.45) is 0. The van der Waals surface area contributed by atoms with Gasteiger partial charge in [0.1, 0.15) is 5.75 Å². The Morgan fingerprint density at radius 1 is 0.947 bits per heavy atom. The van der Waals surface area contributed by atoms with Crippen molar-refractivity contribution < 1.29 is 4.74 Å². The fraction of sp³-hybridized carbons (Fsp3) is 0.200. The van der Waals surface area contributed by atoms with Crippen LogP contribution < -0.4 is 21.1 Å². The minimum absolute atomic E-state index is 0.649. The van der Waals surface area contributed by atoms with Crippen molar-refractivity contribution in [2.75, 3.05) is 36.6 Å². The summed E-state index contributed by atoms with van der Waals surface area (Å²) >= 11 is 0. The number of rotatable bonds is 6. The first-order valence-electron chi connectivity index (χ1n) is 6.26. The van der Waals surface area contributed by atoms with Crippen molar-refractivity contribution in [3.63, 3.8) is 0 Å². The lowest BCUT2D eigenvalue weighted by molar-refractivity contribution is 0.417. The molecule has 0 saturated heterocycles. The molecule has 4 heteroatoms. The van der Waals surface area contributed by atoms with Gasteiger partial charge in [-0.25, -0.2) is 0 Å². The molecule has 0 aliphatic rings. The van der Waals surface area contributed by atoms with Crippen molar-refractivity contribution in [3.05, 3.63) is 48.5 Å². The van der Waals surface area contributed by atoms with Crippen LogP contribution in [0.3, 0.4) is 0 Å². The van der Waals surface area contributed by atoms with Gasteiger partial charge in [-0.05, 0) is 24.3 Å². The zero-order valence-corrected chi connectivity index (χ0v) is 11.0. The van der Waals surface area contributed by atoms with Gasteiger partial charge in [0, 0.05) is 30.5 Å². The smallest absolute Gasteiger partial charge is 0.143 e. The predicted molar refractivity (Wildman–Crippen MR) is 80.8 cm³/mol. The summed E-state index contributed by atoms with van der Waals surface area (Å²) in [6, 6.07) is 15.8. The van der Waals surface area contributed by atoms with E-state index in [0.717, 1.165) is 24.5 Å². The Balaban J connectivity index is 1.80. The molecule has 4 nitrogen and oxygen atoms in total. The first-order chi connectivity index (χ1) is 9.29. The highest BCUT2D eigenvalue weighted by atomic mass is 16.5. The topological polar surface area (TPSA) is 59.3 Å². The first-order valence-corrected chi connectivity index (χ1v) is 6.26. The number of nitrogen functional groups attached to an aromatic ring is 1. The highest BCUT2D eigenvalue weighted by Crippen LogP contribution is 2.24. The molecule has 19 heavy (non-hydrogen) atoms. The van der Waals surface area contributed by atoms with Crippen LogP contribution in [0.2, 0.25) is 0 Å². The Bertz CT molecular complexity index is 514.